The molecule has 2 amide bonds. The number of carbonyl (C=O) groups is 3. The molecule has 1 atom stereocenters. The van der Waals surface area contributed by atoms with Crippen molar-refractivity contribution in [1.82, 2.24) is 4.90 Å². The van der Waals surface area contributed by atoms with Gasteiger partial charge >= 0.3 is 0 Å². The van der Waals surface area contributed by atoms with E-state index in [2.05, 4.69) is 20.8 Å². The van der Waals surface area contributed by atoms with Crippen LogP contribution in [0.2, 0.25) is 0 Å². The number of ketones is 1. The average molecular weight is 411 g/mol. The van der Waals surface area contributed by atoms with E-state index in [9.17, 15) is 14.4 Å². The Bertz CT molecular complexity index is 443. The first-order valence-electron chi connectivity index (χ1n) is 12.1. The first kappa shape index (κ1) is 27.6. The Morgan fingerprint density at radius 1 is 0.690 bits per heavy atom. The zero-order valence-corrected chi connectivity index (χ0v) is 19.3. The van der Waals surface area contributed by atoms with Gasteiger partial charge in [0.1, 0.15) is 11.7 Å². The lowest BCUT2D eigenvalue weighted by Gasteiger charge is -2.26. The van der Waals surface area contributed by atoms with Gasteiger partial charge in [-0.25, -0.2) is 0 Å². The molecule has 0 saturated carbocycles. The van der Waals surface area contributed by atoms with Crippen molar-refractivity contribution in [3.8, 4) is 0 Å². The third-order valence-corrected chi connectivity index (χ3v) is 5.49. The van der Waals surface area contributed by atoms with Crippen LogP contribution in [0.5, 0.6) is 0 Å². The molecule has 5 nitrogen and oxygen atoms in total. The van der Waals surface area contributed by atoms with Crippen LogP contribution in [0.1, 0.15) is 117 Å². The summed E-state index contributed by atoms with van der Waals surface area (Å²) in [6.07, 6.45) is 14.6. The first-order chi connectivity index (χ1) is 14.0. The lowest BCUT2D eigenvalue weighted by atomic mass is 9.93. The van der Waals surface area contributed by atoms with Gasteiger partial charge < -0.3 is 10.6 Å². The highest BCUT2D eigenvalue weighted by molar-refractivity contribution is 6.04. The van der Waals surface area contributed by atoms with Crippen LogP contribution in [-0.4, -0.2) is 35.6 Å². The van der Waals surface area contributed by atoms with E-state index in [0.717, 1.165) is 44.9 Å². The van der Waals surface area contributed by atoms with Crippen LogP contribution >= 0.6 is 0 Å². The molecule has 0 radical (unpaired) electrons. The van der Waals surface area contributed by atoms with Crippen LogP contribution in [0.25, 0.3) is 0 Å². The summed E-state index contributed by atoms with van der Waals surface area (Å²) in [6, 6.07) is 0. The van der Waals surface area contributed by atoms with Crippen LogP contribution in [0.15, 0.2) is 0 Å². The monoisotopic (exact) mass is 410 g/mol. The summed E-state index contributed by atoms with van der Waals surface area (Å²) in [4.78, 5) is 39.0. The summed E-state index contributed by atoms with van der Waals surface area (Å²) in [5, 5.41) is 0. The number of hydrogen-bond donors (Lipinski definition) is 1. The lowest BCUT2D eigenvalue weighted by Crippen LogP contribution is -2.42. The molecule has 0 bridgehead atoms. The quantitative estimate of drug-likeness (QED) is 0.216. The Balaban J connectivity index is 4.51. The molecule has 0 saturated heterocycles. The molecule has 0 heterocycles. The Morgan fingerprint density at radius 3 is 1.59 bits per heavy atom. The molecule has 0 aliphatic carbocycles. The maximum Gasteiger partial charge on any atom is 0.233 e. The molecule has 0 rings (SSSR count). The molecule has 0 spiro atoms. The number of nitrogens with zero attached hydrogens (tertiary/aromatic N) is 1. The van der Waals surface area contributed by atoms with Gasteiger partial charge in [-0.05, 0) is 19.3 Å². The van der Waals surface area contributed by atoms with E-state index in [1.54, 1.807) is 4.90 Å². The molecule has 2 N–H and O–H groups in total. The van der Waals surface area contributed by atoms with E-state index < -0.39 is 11.8 Å². The van der Waals surface area contributed by atoms with Crippen LogP contribution in [0.3, 0.4) is 0 Å². The van der Waals surface area contributed by atoms with Crippen molar-refractivity contribution in [3.63, 3.8) is 0 Å². The number of Topliss-reactive ketones (excluding diaryl/α,β-unsaturated/α-hetero) is 1. The molecule has 170 valence electrons. The minimum absolute atomic E-state index is 0.116. The minimum Gasteiger partial charge on any atom is -0.370 e. The van der Waals surface area contributed by atoms with E-state index in [-0.39, 0.29) is 18.1 Å². The molecule has 0 aromatic carbocycles. The largest absolute Gasteiger partial charge is 0.370 e. The normalized spacial score (nSPS) is 12.0. The Labute approximate surface area is 179 Å². The van der Waals surface area contributed by atoms with E-state index in [4.69, 9.17) is 5.73 Å². The van der Waals surface area contributed by atoms with Crippen molar-refractivity contribution < 1.29 is 14.4 Å². The molecular formula is C24H46N2O3. The molecule has 0 aromatic heterocycles. The van der Waals surface area contributed by atoms with Crippen LogP contribution in [0.4, 0.5) is 0 Å². The van der Waals surface area contributed by atoms with Gasteiger partial charge in [0, 0.05) is 25.9 Å². The minimum atomic E-state index is -0.893. The Hall–Kier alpha value is -1.39. The van der Waals surface area contributed by atoms with Crippen molar-refractivity contribution >= 4 is 17.6 Å². The van der Waals surface area contributed by atoms with Crippen molar-refractivity contribution in [2.24, 2.45) is 11.7 Å². The highest BCUT2D eigenvalue weighted by Crippen LogP contribution is 2.17. The first-order valence-corrected chi connectivity index (χ1v) is 12.1. The second-order valence-electron chi connectivity index (χ2n) is 8.30. The number of carbonyl (C=O) groups excluding carboxylic acids is 3. The fourth-order valence-electron chi connectivity index (χ4n) is 3.57. The maximum atomic E-state index is 13.0. The molecule has 0 aromatic rings. The smallest absolute Gasteiger partial charge is 0.233 e. The average Bonchev–Trinajstić information content (AvgIpc) is 2.70. The Kier molecular flexibility index (Phi) is 17.7. The van der Waals surface area contributed by atoms with E-state index in [1.807, 2.05) is 0 Å². The molecule has 0 aliphatic rings. The SMILES string of the molecule is CCCCCCCCCCCC(=O)C(CC(N)=O)C(=O)N(CCCC)CCCC. The number of nitrogens with two attached hydrogens (primary N) is 1. The van der Waals surface area contributed by atoms with Crippen molar-refractivity contribution in [3.05, 3.63) is 0 Å². The second-order valence-corrected chi connectivity index (χ2v) is 8.30. The lowest BCUT2D eigenvalue weighted by molar-refractivity contribution is -0.144. The topological polar surface area (TPSA) is 80.5 Å². The van der Waals surface area contributed by atoms with E-state index >= 15 is 0 Å². The fourth-order valence-corrected chi connectivity index (χ4v) is 3.57. The van der Waals surface area contributed by atoms with Crippen LogP contribution in [-0.2, 0) is 14.4 Å². The van der Waals surface area contributed by atoms with Crippen molar-refractivity contribution in [1.29, 1.82) is 0 Å². The van der Waals surface area contributed by atoms with Crippen LogP contribution < -0.4 is 5.73 Å². The van der Waals surface area contributed by atoms with Gasteiger partial charge in [0.15, 0.2) is 0 Å². The molecule has 29 heavy (non-hydrogen) atoms. The van der Waals surface area contributed by atoms with Crippen molar-refractivity contribution in [2.75, 3.05) is 13.1 Å². The standard InChI is InChI=1S/C24H46N2O3/c1-4-7-10-11-12-13-14-15-16-17-22(27)21(20-23(25)28)24(29)26(18-8-5-2)19-9-6-3/h21H,4-20H2,1-3H3,(H2,25,28). The summed E-state index contributed by atoms with van der Waals surface area (Å²) in [7, 11) is 0. The number of unbranched alkanes of at least 4 members (excludes halogenated alkanes) is 10. The zero-order valence-electron chi connectivity index (χ0n) is 19.3. The number of amides is 2. The van der Waals surface area contributed by atoms with Gasteiger partial charge in [-0.15, -0.1) is 0 Å². The van der Waals surface area contributed by atoms with Gasteiger partial charge in [-0.3, -0.25) is 14.4 Å². The zero-order chi connectivity index (χ0) is 21.9. The summed E-state index contributed by atoms with van der Waals surface area (Å²) < 4.78 is 0. The predicted molar refractivity (Wildman–Crippen MR) is 121 cm³/mol. The molecule has 5 heteroatoms. The number of primary amides is 1. The van der Waals surface area contributed by atoms with E-state index in [1.165, 1.54) is 38.5 Å². The summed E-state index contributed by atoms with van der Waals surface area (Å²) in [6.45, 7) is 7.68. The highest BCUT2D eigenvalue weighted by atomic mass is 16.2. The third-order valence-electron chi connectivity index (χ3n) is 5.49. The molecule has 1 unspecified atom stereocenters. The number of rotatable bonds is 20. The predicted octanol–water partition coefficient (Wildman–Crippen LogP) is 5.40. The van der Waals surface area contributed by atoms with Gasteiger partial charge in [0.25, 0.3) is 0 Å². The molecule has 0 fully saturated rings. The summed E-state index contributed by atoms with van der Waals surface area (Å²) in [5.74, 6) is -1.79. The van der Waals surface area contributed by atoms with Crippen LogP contribution in [0, 0.1) is 5.92 Å². The molecular weight excluding hydrogens is 364 g/mol. The van der Waals surface area contributed by atoms with Gasteiger partial charge in [0.05, 0.1) is 0 Å². The van der Waals surface area contributed by atoms with Gasteiger partial charge in [0.2, 0.25) is 11.8 Å². The van der Waals surface area contributed by atoms with Gasteiger partial charge in [-0.2, -0.15) is 0 Å². The maximum absolute atomic E-state index is 13.0. The van der Waals surface area contributed by atoms with E-state index in [0.29, 0.717) is 19.5 Å². The van der Waals surface area contributed by atoms with Crippen molar-refractivity contribution in [2.45, 2.75) is 117 Å². The number of hydrogen-bond acceptors (Lipinski definition) is 3. The Morgan fingerprint density at radius 2 is 1.14 bits per heavy atom. The van der Waals surface area contributed by atoms with Gasteiger partial charge in [-0.1, -0.05) is 85.0 Å². The third kappa shape index (κ3) is 14.3. The molecule has 0 aliphatic heterocycles. The highest BCUT2D eigenvalue weighted by Gasteiger charge is 2.31. The fraction of sp³-hybridized carbons (Fsp3) is 0.875. The second kappa shape index (κ2) is 18.6. The summed E-state index contributed by atoms with van der Waals surface area (Å²) in [5.41, 5.74) is 5.35. The summed E-state index contributed by atoms with van der Waals surface area (Å²) >= 11 is 0.